The van der Waals surface area contributed by atoms with E-state index < -0.39 is 89.4 Å². The fourth-order valence-electron chi connectivity index (χ4n) is 10.1. The Kier molecular flexibility index (Phi) is 11.7. The average molecular weight is 741 g/mol. The molecular weight excluding hydrogens is 673 g/mol. The highest BCUT2D eigenvalue weighted by Gasteiger charge is 2.77. The highest BCUT2D eigenvalue weighted by Crippen LogP contribution is 2.64. The van der Waals surface area contributed by atoms with Gasteiger partial charge in [-0.05, 0) is 80.9 Å². The number of Topliss-reactive ketones (excluding diaryl/α,β-unsaturated/α-hetero) is 1. The SMILES string of the molecule is CC[Si](CC)(CC)O[C@H]1C(=O)[C@]2(C)[C@@H](O[Si](CC)(CC)CC)C[C@H]3OC[C@@]3(OC(C)=O)[C@H]2[C@H](O)[C@]2(O)C[C@H](O[Si](C)(C)C)C(C)=C1C2(C)C. The lowest BCUT2D eigenvalue weighted by Crippen LogP contribution is -2.82. The number of hydrogen-bond donors (Lipinski definition) is 2. The number of aliphatic hydroxyl groups is 2. The molecule has 3 aliphatic carbocycles. The van der Waals surface area contributed by atoms with Crippen molar-refractivity contribution in [3.63, 3.8) is 0 Å². The van der Waals surface area contributed by atoms with E-state index in [0.29, 0.717) is 6.42 Å². The molecule has 0 aromatic heterocycles. The van der Waals surface area contributed by atoms with Crippen LogP contribution in [0, 0.1) is 16.7 Å². The maximum atomic E-state index is 16.1. The van der Waals surface area contributed by atoms with Crippen molar-refractivity contribution in [3.05, 3.63) is 11.1 Å². The van der Waals surface area contributed by atoms with Crippen LogP contribution < -0.4 is 0 Å². The van der Waals surface area contributed by atoms with Crippen LogP contribution in [0.3, 0.4) is 0 Å². The zero-order chi connectivity index (χ0) is 37.2. The Balaban J connectivity index is 2.14. The zero-order valence-electron chi connectivity index (χ0n) is 33.1. The molecule has 9 atom stereocenters. The molecule has 0 aromatic rings. The molecule has 4 rings (SSSR count). The number of rotatable bonds is 13. The molecule has 1 aliphatic heterocycles. The van der Waals surface area contributed by atoms with Crippen molar-refractivity contribution in [2.75, 3.05) is 6.61 Å². The van der Waals surface area contributed by atoms with E-state index in [-0.39, 0.29) is 18.8 Å². The van der Waals surface area contributed by atoms with Gasteiger partial charge in [-0.15, -0.1) is 0 Å². The number of carbonyl (C=O) groups excluding carboxylic acids is 2. The van der Waals surface area contributed by atoms with Gasteiger partial charge in [-0.1, -0.05) is 55.4 Å². The molecule has 12 heteroatoms. The Morgan fingerprint density at radius 3 is 1.84 bits per heavy atom. The number of carbonyl (C=O) groups is 2. The van der Waals surface area contributed by atoms with Gasteiger partial charge in [-0.25, -0.2) is 0 Å². The summed E-state index contributed by atoms with van der Waals surface area (Å²) in [5, 5.41) is 26.4. The summed E-state index contributed by atoms with van der Waals surface area (Å²) in [6.07, 6.45) is -3.72. The van der Waals surface area contributed by atoms with Crippen LogP contribution in [-0.2, 0) is 32.3 Å². The van der Waals surface area contributed by atoms with Gasteiger partial charge in [0.15, 0.2) is 36.3 Å². The van der Waals surface area contributed by atoms with Gasteiger partial charge in [0.25, 0.3) is 0 Å². The standard InChI is InChI=1S/C37H68O9Si3/c1-15-48(16-2,17-3)45-27-21-28-36(23-42-28,43-25(8)38)31-33(40)37(41)22-26(44-47(12,13)14)24(7)29(34(37,9)10)30(32(39)35(27,31)11)46-49(18-4,19-5)20-6/h26-28,30-31,33,40-41H,15-23H2,1-14H3/t26-,27-,28+,30+,31-,33-,35+,36-,37+/m0/s1. The minimum absolute atomic E-state index is 0.0304. The van der Waals surface area contributed by atoms with Crippen LogP contribution in [0.15, 0.2) is 11.1 Å². The molecule has 1 saturated heterocycles. The minimum atomic E-state index is -2.46. The van der Waals surface area contributed by atoms with Crippen molar-refractivity contribution in [3.8, 4) is 0 Å². The topological polar surface area (TPSA) is 121 Å². The van der Waals surface area contributed by atoms with E-state index in [1.165, 1.54) is 6.92 Å². The maximum Gasteiger partial charge on any atom is 0.303 e. The Morgan fingerprint density at radius 1 is 0.898 bits per heavy atom. The smallest absolute Gasteiger partial charge is 0.303 e. The Hall–Kier alpha value is -0.709. The third-order valence-corrected chi connectivity index (χ3v) is 24.0. The van der Waals surface area contributed by atoms with Gasteiger partial charge < -0.3 is 33.0 Å². The monoisotopic (exact) mass is 740 g/mol. The first-order valence-electron chi connectivity index (χ1n) is 19.1. The molecule has 49 heavy (non-hydrogen) atoms. The first kappa shape index (κ1) is 41.1. The van der Waals surface area contributed by atoms with Crippen LogP contribution in [-0.4, -0.2) is 95.2 Å². The number of esters is 1. The average Bonchev–Trinajstić information content (AvgIpc) is 3.02. The number of hydrogen-bond acceptors (Lipinski definition) is 9. The molecule has 0 spiro atoms. The van der Waals surface area contributed by atoms with Crippen LogP contribution in [0.2, 0.25) is 55.9 Å². The van der Waals surface area contributed by atoms with Crippen molar-refractivity contribution in [2.45, 2.75) is 187 Å². The summed E-state index contributed by atoms with van der Waals surface area (Å²) in [6, 6.07) is 5.14. The number of aliphatic hydroxyl groups excluding tert-OH is 1. The second kappa shape index (κ2) is 13.9. The van der Waals surface area contributed by atoms with E-state index in [2.05, 4.69) is 61.2 Å². The van der Waals surface area contributed by atoms with E-state index in [1.807, 2.05) is 27.7 Å². The van der Waals surface area contributed by atoms with Crippen LogP contribution >= 0.6 is 0 Å². The molecule has 4 aliphatic rings. The Bertz CT molecular complexity index is 1270. The van der Waals surface area contributed by atoms with Crippen molar-refractivity contribution in [1.82, 2.24) is 0 Å². The molecule has 1 heterocycles. The fourth-order valence-corrected chi connectivity index (χ4v) is 16.9. The Labute approximate surface area is 299 Å². The molecule has 0 radical (unpaired) electrons. The van der Waals surface area contributed by atoms with E-state index in [4.69, 9.17) is 22.8 Å². The molecular formula is C37H68O9Si3. The quantitative estimate of drug-likeness (QED) is 0.115. The largest absolute Gasteiger partial charge is 0.454 e. The molecule has 0 amide bonds. The summed E-state index contributed by atoms with van der Waals surface area (Å²) < 4.78 is 34.0. The van der Waals surface area contributed by atoms with E-state index in [0.717, 1.165) is 47.4 Å². The Morgan fingerprint density at radius 2 is 1.41 bits per heavy atom. The van der Waals surface area contributed by atoms with Crippen molar-refractivity contribution in [1.29, 1.82) is 0 Å². The number of ketones is 1. The molecule has 0 aromatic carbocycles. The molecule has 282 valence electrons. The van der Waals surface area contributed by atoms with Gasteiger partial charge in [-0.2, -0.15) is 0 Å². The van der Waals surface area contributed by atoms with Crippen LogP contribution in [0.4, 0.5) is 0 Å². The van der Waals surface area contributed by atoms with Crippen LogP contribution in [0.1, 0.15) is 89.0 Å². The van der Waals surface area contributed by atoms with Crippen molar-refractivity contribution >= 4 is 36.7 Å². The second-order valence-electron chi connectivity index (χ2n) is 17.3. The zero-order valence-corrected chi connectivity index (χ0v) is 36.1. The van der Waals surface area contributed by atoms with Crippen LogP contribution in [0.25, 0.3) is 0 Å². The second-order valence-corrected chi connectivity index (χ2v) is 31.2. The fraction of sp³-hybridized carbons (Fsp3) is 0.892. The van der Waals surface area contributed by atoms with Crippen molar-refractivity contribution < 1.29 is 42.6 Å². The first-order chi connectivity index (χ1) is 22.6. The maximum absolute atomic E-state index is 16.1. The predicted octanol–water partition coefficient (Wildman–Crippen LogP) is 7.14. The van der Waals surface area contributed by atoms with Gasteiger partial charge in [0.05, 0.1) is 30.3 Å². The van der Waals surface area contributed by atoms with E-state index >= 15 is 4.79 Å². The lowest BCUT2D eigenvalue weighted by atomic mass is 9.45. The highest BCUT2D eigenvalue weighted by atomic mass is 28.4. The van der Waals surface area contributed by atoms with Gasteiger partial charge in [-0.3, -0.25) is 9.59 Å². The normalized spacial score (nSPS) is 37.8. The van der Waals surface area contributed by atoms with Gasteiger partial charge >= 0.3 is 5.97 Å². The summed E-state index contributed by atoms with van der Waals surface area (Å²) in [4.78, 5) is 29.0. The molecule has 2 saturated carbocycles. The third-order valence-electron chi connectivity index (χ3n) is 13.8. The lowest BCUT2D eigenvalue weighted by molar-refractivity contribution is -0.345. The summed E-state index contributed by atoms with van der Waals surface area (Å²) >= 11 is 0. The highest BCUT2D eigenvalue weighted by molar-refractivity contribution is 6.74. The van der Waals surface area contributed by atoms with Crippen molar-refractivity contribution in [2.24, 2.45) is 16.7 Å². The van der Waals surface area contributed by atoms with E-state index in [1.54, 1.807) is 0 Å². The van der Waals surface area contributed by atoms with Crippen LogP contribution in [0.5, 0.6) is 0 Å². The summed E-state index contributed by atoms with van der Waals surface area (Å²) in [5.41, 5.74) is -3.93. The summed E-state index contributed by atoms with van der Waals surface area (Å²) in [6.45, 7) is 28.5. The van der Waals surface area contributed by atoms with Gasteiger partial charge in [0.1, 0.15) is 17.8 Å². The molecule has 2 bridgehead atoms. The van der Waals surface area contributed by atoms with Gasteiger partial charge in [0.2, 0.25) is 0 Å². The first-order valence-corrected chi connectivity index (χ1v) is 27.5. The number of ether oxygens (including phenoxy) is 2. The molecule has 2 N–H and O–H groups in total. The molecule has 9 nitrogen and oxygen atoms in total. The summed E-state index contributed by atoms with van der Waals surface area (Å²) in [5.74, 6) is -1.69. The lowest BCUT2D eigenvalue weighted by Gasteiger charge is -2.68. The predicted molar refractivity (Wildman–Crippen MR) is 200 cm³/mol. The van der Waals surface area contributed by atoms with Gasteiger partial charge in [0, 0.05) is 31.1 Å². The summed E-state index contributed by atoms with van der Waals surface area (Å²) in [7, 11) is -6.96. The molecule has 0 unspecified atom stereocenters. The third kappa shape index (κ3) is 6.38. The number of fused-ring (bicyclic) bond motifs is 5. The minimum Gasteiger partial charge on any atom is -0.454 e. The van der Waals surface area contributed by atoms with E-state index in [9.17, 15) is 15.0 Å². The molecule has 3 fully saturated rings.